The van der Waals surface area contributed by atoms with E-state index in [1.165, 1.54) is 5.56 Å². The average Bonchev–Trinajstić information content (AvgIpc) is 2.53. The standard InChI is InChI=1S/C18H22O4S/c1-23(19,20)22-15-13-17-11-5-6-12-18(17)21-14-7-10-16-8-3-2-4-9-16/h2-6,8-9,11-12H,7,10,13-15H2,1H3. The number of ether oxygens (including phenoxy) is 1. The maximum absolute atomic E-state index is 11.0. The Kier molecular flexibility index (Phi) is 6.62. The van der Waals surface area contributed by atoms with E-state index in [0.717, 1.165) is 30.4 Å². The van der Waals surface area contributed by atoms with Gasteiger partial charge in [-0.2, -0.15) is 8.42 Å². The minimum atomic E-state index is -3.40. The molecule has 0 N–H and O–H groups in total. The van der Waals surface area contributed by atoms with Crippen LogP contribution in [0, 0.1) is 0 Å². The summed E-state index contributed by atoms with van der Waals surface area (Å²) in [6, 6.07) is 17.9. The second-order valence-electron chi connectivity index (χ2n) is 5.32. The Balaban J connectivity index is 1.80. The van der Waals surface area contributed by atoms with Crippen LogP contribution < -0.4 is 4.74 Å². The summed E-state index contributed by atoms with van der Waals surface area (Å²) in [5.74, 6) is 0.790. The van der Waals surface area contributed by atoms with Crippen LogP contribution in [0.5, 0.6) is 5.75 Å². The Morgan fingerprint density at radius 2 is 1.57 bits per heavy atom. The first kappa shape index (κ1) is 17.5. The van der Waals surface area contributed by atoms with Gasteiger partial charge in [0.2, 0.25) is 0 Å². The van der Waals surface area contributed by atoms with Crippen molar-refractivity contribution < 1.29 is 17.3 Å². The van der Waals surface area contributed by atoms with Crippen LogP contribution in [0.1, 0.15) is 17.5 Å². The fourth-order valence-corrected chi connectivity index (χ4v) is 2.64. The van der Waals surface area contributed by atoms with Crippen molar-refractivity contribution in [3.8, 4) is 5.75 Å². The van der Waals surface area contributed by atoms with Crippen LogP contribution in [0.25, 0.3) is 0 Å². The molecule has 4 nitrogen and oxygen atoms in total. The van der Waals surface area contributed by atoms with Crippen LogP contribution >= 0.6 is 0 Å². The van der Waals surface area contributed by atoms with Gasteiger partial charge >= 0.3 is 0 Å². The van der Waals surface area contributed by atoms with Crippen LogP contribution in [0.15, 0.2) is 54.6 Å². The van der Waals surface area contributed by atoms with Gasteiger partial charge in [0.25, 0.3) is 10.1 Å². The van der Waals surface area contributed by atoms with Gasteiger partial charge in [-0.25, -0.2) is 0 Å². The summed E-state index contributed by atoms with van der Waals surface area (Å²) < 4.78 is 32.6. The summed E-state index contributed by atoms with van der Waals surface area (Å²) in [5, 5.41) is 0. The van der Waals surface area contributed by atoms with Crippen LogP contribution in [-0.2, 0) is 27.1 Å². The first-order valence-electron chi connectivity index (χ1n) is 7.63. The molecule has 0 aliphatic heterocycles. The monoisotopic (exact) mass is 334 g/mol. The van der Waals surface area contributed by atoms with E-state index in [2.05, 4.69) is 12.1 Å². The third kappa shape index (κ3) is 6.84. The highest BCUT2D eigenvalue weighted by molar-refractivity contribution is 7.85. The second-order valence-corrected chi connectivity index (χ2v) is 6.97. The zero-order chi connectivity index (χ0) is 16.5. The third-order valence-electron chi connectivity index (χ3n) is 3.35. The number of para-hydroxylation sites is 1. The molecule has 0 saturated carbocycles. The van der Waals surface area contributed by atoms with Gasteiger partial charge in [-0.15, -0.1) is 0 Å². The van der Waals surface area contributed by atoms with E-state index < -0.39 is 10.1 Å². The van der Waals surface area contributed by atoms with Crippen LogP contribution in [-0.4, -0.2) is 27.9 Å². The summed E-state index contributed by atoms with van der Waals surface area (Å²) in [4.78, 5) is 0. The number of benzene rings is 2. The number of hydrogen-bond donors (Lipinski definition) is 0. The Labute approximate surface area is 138 Å². The lowest BCUT2D eigenvalue weighted by molar-refractivity contribution is 0.299. The molecule has 0 aromatic heterocycles. The van der Waals surface area contributed by atoms with Gasteiger partial charge in [-0.05, 0) is 30.0 Å². The summed E-state index contributed by atoms with van der Waals surface area (Å²) >= 11 is 0. The molecule has 5 heteroatoms. The van der Waals surface area contributed by atoms with E-state index in [1.807, 2.05) is 42.5 Å². The number of hydrogen-bond acceptors (Lipinski definition) is 4. The van der Waals surface area contributed by atoms with Crippen molar-refractivity contribution in [2.24, 2.45) is 0 Å². The Hall–Kier alpha value is -1.85. The predicted molar refractivity (Wildman–Crippen MR) is 91.2 cm³/mol. The molecule has 0 aliphatic rings. The van der Waals surface area contributed by atoms with Crippen LogP contribution in [0.3, 0.4) is 0 Å². The molecule has 0 fully saturated rings. The first-order chi connectivity index (χ1) is 11.0. The minimum Gasteiger partial charge on any atom is -0.493 e. The largest absolute Gasteiger partial charge is 0.493 e. The van der Waals surface area contributed by atoms with Crippen LogP contribution in [0.2, 0.25) is 0 Å². The van der Waals surface area contributed by atoms with E-state index in [0.29, 0.717) is 13.0 Å². The Bertz CT molecular complexity index is 696. The first-order valence-corrected chi connectivity index (χ1v) is 9.45. The van der Waals surface area contributed by atoms with Crippen molar-refractivity contribution in [1.29, 1.82) is 0 Å². The van der Waals surface area contributed by atoms with E-state index in [9.17, 15) is 8.42 Å². The van der Waals surface area contributed by atoms with Crippen molar-refractivity contribution in [2.75, 3.05) is 19.5 Å². The maximum Gasteiger partial charge on any atom is 0.264 e. The van der Waals surface area contributed by atoms with Crippen molar-refractivity contribution in [3.63, 3.8) is 0 Å². The van der Waals surface area contributed by atoms with Gasteiger partial charge in [-0.3, -0.25) is 4.18 Å². The molecule has 2 rings (SSSR count). The van der Waals surface area contributed by atoms with E-state index in [4.69, 9.17) is 8.92 Å². The van der Waals surface area contributed by atoms with Gasteiger partial charge in [0, 0.05) is 6.42 Å². The molecule has 0 radical (unpaired) electrons. The van der Waals surface area contributed by atoms with Crippen molar-refractivity contribution in [3.05, 3.63) is 65.7 Å². The zero-order valence-electron chi connectivity index (χ0n) is 13.3. The molecule has 0 amide bonds. The molecule has 0 unspecified atom stereocenters. The van der Waals surface area contributed by atoms with Crippen LogP contribution in [0.4, 0.5) is 0 Å². The van der Waals surface area contributed by atoms with Gasteiger partial charge < -0.3 is 4.74 Å². The summed E-state index contributed by atoms with van der Waals surface area (Å²) in [7, 11) is -3.40. The normalized spacial score (nSPS) is 11.3. The number of aryl methyl sites for hydroxylation is 1. The zero-order valence-corrected chi connectivity index (χ0v) is 14.1. The molecule has 0 aliphatic carbocycles. The molecule has 0 bridgehead atoms. The summed E-state index contributed by atoms with van der Waals surface area (Å²) in [6.45, 7) is 0.752. The third-order valence-corrected chi connectivity index (χ3v) is 3.95. The van der Waals surface area contributed by atoms with Crippen molar-refractivity contribution in [2.45, 2.75) is 19.3 Å². The SMILES string of the molecule is CS(=O)(=O)OCCc1ccccc1OCCCc1ccccc1. The molecule has 2 aromatic rings. The highest BCUT2D eigenvalue weighted by Gasteiger charge is 2.06. The van der Waals surface area contributed by atoms with Crippen molar-refractivity contribution in [1.82, 2.24) is 0 Å². The Morgan fingerprint density at radius 1 is 0.870 bits per heavy atom. The molecular formula is C18H22O4S. The molecule has 2 aromatic carbocycles. The smallest absolute Gasteiger partial charge is 0.264 e. The molecule has 0 saturated heterocycles. The highest BCUT2D eigenvalue weighted by atomic mass is 32.2. The predicted octanol–water partition coefficient (Wildman–Crippen LogP) is 3.22. The fraction of sp³-hybridized carbons (Fsp3) is 0.333. The summed E-state index contributed by atoms with van der Waals surface area (Å²) in [6.07, 6.45) is 3.46. The van der Waals surface area contributed by atoms with Gasteiger partial charge in [0.1, 0.15) is 5.75 Å². The highest BCUT2D eigenvalue weighted by Crippen LogP contribution is 2.19. The lowest BCUT2D eigenvalue weighted by Gasteiger charge is -2.11. The topological polar surface area (TPSA) is 52.6 Å². The summed E-state index contributed by atoms with van der Waals surface area (Å²) in [5.41, 5.74) is 2.25. The molecule has 0 heterocycles. The molecule has 0 spiro atoms. The van der Waals surface area contributed by atoms with Gasteiger partial charge in [0.15, 0.2) is 0 Å². The van der Waals surface area contributed by atoms with Gasteiger partial charge in [0.05, 0.1) is 19.5 Å². The number of rotatable bonds is 9. The fourth-order valence-electron chi connectivity index (χ4n) is 2.26. The lowest BCUT2D eigenvalue weighted by Crippen LogP contribution is -2.08. The lowest BCUT2D eigenvalue weighted by atomic mass is 10.1. The Morgan fingerprint density at radius 3 is 2.30 bits per heavy atom. The van der Waals surface area contributed by atoms with E-state index in [-0.39, 0.29) is 6.61 Å². The van der Waals surface area contributed by atoms with E-state index in [1.54, 1.807) is 0 Å². The molecular weight excluding hydrogens is 312 g/mol. The quantitative estimate of drug-likeness (QED) is 0.522. The molecule has 23 heavy (non-hydrogen) atoms. The molecule has 0 atom stereocenters. The maximum atomic E-state index is 11.0. The average molecular weight is 334 g/mol. The molecule has 124 valence electrons. The van der Waals surface area contributed by atoms with Crippen molar-refractivity contribution >= 4 is 10.1 Å². The second kappa shape index (κ2) is 8.70. The van der Waals surface area contributed by atoms with E-state index >= 15 is 0 Å². The minimum absolute atomic E-state index is 0.128. The van der Waals surface area contributed by atoms with Gasteiger partial charge in [-0.1, -0.05) is 48.5 Å².